The van der Waals surface area contributed by atoms with Gasteiger partial charge in [-0.05, 0) is 50.0 Å². The van der Waals surface area contributed by atoms with E-state index in [1.807, 2.05) is 6.07 Å². The van der Waals surface area contributed by atoms with Crippen LogP contribution in [0.15, 0.2) is 47.5 Å². The van der Waals surface area contributed by atoms with Crippen molar-refractivity contribution in [2.24, 2.45) is 5.92 Å². The molecule has 1 atom stereocenters. The third-order valence-electron chi connectivity index (χ3n) is 6.05. The van der Waals surface area contributed by atoms with Crippen molar-refractivity contribution in [3.05, 3.63) is 59.3 Å². The first-order valence-electron chi connectivity index (χ1n) is 10.8. The normalized spacial score (nSPS) is 25.0. The van der Waals surface area contributed by atoms with Crippen LogP contribution in [-0.4, -0.2) is 59.7 Å². The molecular weight excluding hydrogens is 392 g/mol. The molecule has 2 bridgehead atoms. The Morgan fingerprint density at radius 1 is 1.20 bits per heavy atom. The van der Waals surface area contributed by atoms with Crippen molar-refractivity contribution < 1.29 is 9.84 Å². The van der Waals surface area contributed by atoms with E-state index in [1.165, 1.54) is 5.56 Å². The third-order valence-corrected chi connectivity index (χ3v) is 7.06. The van der Waals surface area contributed by atoms with Crippen molar-refractivity contribution in [3.8, 4) is 11.8 Å². The molecule has 1 unspecified atom stereocenters. The SMILES string of the molecule is COCCCSc1ccc(C#CC2(O)CN3CCC2CC3)c(Cc2ccccc2)n1. The maximum atomic E-state index is 11.2. The number of aromatic nitrogens is 1. The van der Waals surface area contributed by atoms with Gasteiger partial charge in [0, 0.05) is 43.9 Å². The summed E-state index contributed by atoms with van der Waals surface area (Å²) in [6, 6.07) is 14.5. The summed E-state index contributed by atoms with van der Waals surface area (Å²) in [7, 11) is 1.73. The van der Waals surface area contributed by atoms with Crippen molar-refractivity contribution in [2.75, 3.05) is 39.1 Å². The maximum absolute atomic E-state index is 11.2. The number of thioether (sulfide) groups is 1. The summed E-state index contributed by atoms with van der Waals surface area (Å²) >= 11 is 1.75. The van der Waals surface area contributed by atoms with E-state index < -0.39 is 5.60 Å². The number of rotatable bonds is 7. The fourth-order valence-corrected chi connectivity index (χ4v) is 5.15. The van der Waals surface area contributed by atoms with Crippen molar-refractivity contribution in [2.45, 2.75) is 36.3 Å². The lowest BCUT2D eigenvalue weighted by Gasteiger charge is -2.47. The highest BCUT2D eigenvalue weighted by Gasteiger charge is 2.44. The van der Waals surface area contributed by atoms with Crippen LogP contribution in [-0.2, 0) is 11.2 Å². The Bertz CT molecular complexity index is 900. The van der Waals surface area contributed by atoms with Gasteiger partial charge < -0.3 is 9.84 Å². The van der Waals surface area contributed by atoms with E-state index in [4.69, 9.17) is 9.72 Å². The monoisotopic (exact) mass is 422 g/mol. The van der Waals surface area contributed by atoms with Crippen LogP contribution in [0, 0.1) is 17.8 Å². The van der Waals surface area contributed by atoms with Gasteiger partial charge in [0.15, 0.2) is 0 Å². The molecule has 2 aromatic rings. The summed E-state index contributed by atoms with van der Waals surface area (Å²) in [5, 5.41) is 12.2. The van der Waals surface area contributed by atoms with Gasteiger partial charge in [-0.2, -0.15) is 0 Å². The van der Waals surface area contributed by atoms with Gasteiger partial charge in [0.2, 0.25) is 0 Å². The Morgan fingerprint density at radius 3 is 2.70 bits per heavy atom. The minimum absolute atomic E-state index is 0.288. The summed E-state index contributed by atoms with van der Waals surface area (Å²) < 4.78 is 5.14. The van der Waals surface area contributed by atoms with Crippen LogP contribution >= 0.6 is 11.8 Å². The van der Waals surface area contributed by atoms with Crippen LogP contribution in [0.5, 0.6) is 0 Å². The summed E-state index contributed by atoms with van der Waals surface area (Å²) in [5.74, 6) is 7.83. The predicted octanol–water partition coefficient (Wildman–Crippen LogP) is 3.61. The molecule has 0 spiro atoms. The zero-order valence-corrected chi connectivity index (χ0v) is 18.5. The van der Waals surface area contributed by atoms with Crippen molar-refractivity contribution in [1.82, 2.24) is 9.88 Å². The van der Waals surface area contributed by atoms with E-state index in [2.05, 4.69) is 53.1 Å². The van der Waals surface area contributed by atoms with Crippen LogP contribution in [0.3, 0.4) is 0 Å². The Morgan fingerprint density at radius 2 is 2.00 bits per heavy atom. The van der Waals surface area contributed by atoms with Gasteiger partial charge in [-0.1, -0.05) is 42.2 Å². The van der Waals surface area contributed by atoms with Crippen LogP contribution in [0.2, 0.25) is 0 Å². The molecule has 5 heteroatoms. The van der Waals surface area contributed by atoms with Gasteiger partial charge in [-0.3, -0.25) is 4.90 Å². The number of pyridine rings is 1. The fraction of sp³-hybridized carbons (Fsp3) is 0.480. The lowest BCUT2D eigenvalue weighted by atomic mass is 9.75. The lowest BCUT2D eigenvalue weighted by Crippen LogP contribution is -2.58. The minimum atomic E-state index is -0.895. The molecule has 30 heavy (non-hydrogen) atoms. The number of hydrogen-bond acceptors (Lipinski definition) is 5. The second-order valence-electron chi connectivity index (χ2n) is 8.23. The topological polar surface area (TPSA) is 45.6 Å². The van der Waals surface area contributed by atoms with Gasteiger partial charge in [0.1, 0.15) is 5.60 Å². The zero-order valence-electron chi connectivity index (χ0n) is 17.6. The second kappa shape index (κ2) is 9.98. The Balaban J connectivity index is 1.57. The third kappa shape index (κ3) is 5.25. The lowest BCUT2D eigenvalue weighted by molar-refractivity contribution is -0.0713. The maximum Gasteiger partial charge on any atom is 0.141 e. The molecule has 4 heterocycles. The van der Waals surface area contributed by atoms with E-state index >= 15 is 0 Å². The largest absolute Gasteiger partial charge is 0.385 e. The molecular formula is C25H30N2O2S. The van der Waals surface area contributed by atoms with E-state index in [1.54, 1.807) is 18.9 Å². The molecule has 3 aliphatic rings. The summed E-state index contributed by atoms with van der Waals surface area (Å²) in [5.41, 5.74) is 2.23. The molecule has 4 nitrogen and oxygen atoms in total. The van der Waals surface area contributed by atoms with Crippen LogP contribution in [0.1, 0.15) is 36.1 Å². The van der Waals surface area contributed by atoms with Crippen LogP contribution in [0.25, 0.3) is 0 Å². The zero-order chi connectivity index (χ0) is 20.8. The predicted molar refractivity (Wildman–Crippen MR) is 122 cm³/mol. The Hall–Kier alpha value is -1.84. The van der Waals surface area contributed by atoms with Gasteiger partial charge in [0.05, 0.1) is 10.7 Å². The number of piperidine rings is 3. The highest BCUT2D eigenvalue weighted by Crippen LogP contribution is 2.35. The summed E-state index contributed by atoms with van der Waals surface area (Å²) in [6.45, 7) is 3.61. The molecule has 3 saturated heterocycles. The van der Waals surface area contributed by atoms with Gasteiger partial charge >= 0.3 is 0 Å². The number of hydrogen-bond donors (Lipinski definition) is 1. The molecule has 1 aromatic carbocycles. The fourth-order valence-electron chi connectivity index (χ4n) is 4.34. The van der Waals surface area contributed by atoms with Crippen LogP contribution in [0.4, 0.5) is 0 Å². The Kier molecular flexibility index (Phi) is 7.12. The summed E-state index contributed by atoms with van der Waals surface area (Å²) in [6.07, 6.45) is 3.82. The first kappa shape index (κ1) is 21.4. The number of methoxy groups -OCH3 is 1. The van der Waals surface area contributed by atoms with E-state index in [9.17, 15) is 5.11 Å². The Labute approximate surface area is 184 Å². The molecule has 0 aliphatic carbocycles. The van der Waals surface area contributed by atoms with Gasteiger partial charge in [-0.25, -0.2) is 4.98 Å². The molecule has 3 fully saturated rings. The molecule has 0 amide bonds. The van der Waals surface area contributed by atoms with Crippen molar-refractivity contribution >= 4 is 11.8 Å². The van der Waals surface area contributed by atoms with Gasteiger partial charge in [-0.15, -0.1) is 11.8 Å². The number of nitrogens with zero attached hydrogens (tertiary/aromatic N) is 2. The van der Waals surface area contributed by atoms with Gasteiger partial charge in [0.25, 0.3) is 0 Å². The second-order valence-corrected chi connectivity index (χ2v) is 9.34. The quantitative estimate of drug-likeness (QED) is 0.420. The van der Waals surface area contributed by atoms with Crippen molar-refractivity contribution in [3.63, 3.8) is 0 Å². The molecule has 5 rings (SSSR count). The summed E-state index contributed by atoms with van der Waals surface area (Å²) in [4.78, 5) is 7.26. The minimum Gasteiger partial charge on any atom is -0.385 e. The molecule has 158 valence electrons. The van der Waals surface area contributed by atoms with E-state index in [-0.39, 0.29) is 5.92 Å². The average Bonchev–Trinajstić information content (AvgIpc) is 2.77. The van der Waals surface area contributed by atoms with E-state index in [0.29, 0.717) is 6.54 Å². The number of aliphatic hydroxyl groups is 1. The number of benzene rings is 1. The highest BCUT2D eigenvalue weighted by atomic mass is 32.2. The first-order valence-corrected chi connectivity index (χ1v) is 11.8. The average molecular weight is 423 g/mol. The van der Waals surface area contributed by atoms with Crippen molar-refractivity contribution in [1.29, 1.82) is 0 Å². The molecule has 0 saturated carbocycles. The van der Waals surface area contributed by atoms with E-state index in [0.717, 1.165) is 67.4 Å². The highest BCUT2D eigenvalue weighted by molar-refractivity contribution is 7.99. The smallest absolute Gasteiger partial charge is 0.141 e. The molecule has 1 N–H and O–H groups in total. The number of ether oxygens (including phenoxy) is 1. The molecule has 0 radical (unpaired) electrons. The molecule has 1 aromatic heterocycles. The number of fused-ring (bicyclic) bond motifs is 3. The molecule has 3 aliphatic heterocycles. The van der Waals surface area contributed by atoms with Crippen LogP contribution < -0.4 is 0 Å². The first-order chi connectivity index (χ1) is 14.7. The standard InChI is InChI=1S/C25H30N2O2S/c1-29-16-5-17-30-24-9-8-21(23(26-24)18-20-6-3-2-4-7-20)10-13-25(28)19-27-14-11-22(25)12-15-27/h2-4,6-9,22,28H,5,11-12,14-19H2,1H3.